The maximum Gasteiger partial charge on any atom is 0.399 e. The Morgan fingerprint density at radius 2 is 1.79 bits per heavy atom. The molecule has 0 fully saturated rings. The van der Waals surface area contributed by atoms with Gasteiger partial charge in [0.1, 0.15) is 0 Å². The van der Waals surface area contributed by atoms with Gasteiger partial charge in [0.15, 0.2) is 0 Å². The highest BCUT2D eigenvalue weighted by atomic mass is 35.5. The van der Waals surface area contributed by atoms with Gasteiger partial charge in [-0.05, 0) is 72.5 Å². The first kappa shape index (κ1) is 22.5. The molecule has 0 aliphatic heterocycles. The molecule has 2 aromatic rings. The van der Waals surface area contributed by atoms with Gasteiger partial charge >= 0.3 is 6.18 Å². The van der Waals surface area contributed by atoms with Gasteiger partial charge in [-0.1, -0.05) is 65.2 Å². The summed E-state index contributed by atoms with van der Waals surface area (Å²) in [5, 5.41) is 0.0422. The Labute approximate surface area is 183 Å². The van der Waals surface area contributed by atoms with Crippen LogP contribution in [-0.4, -0.2) is 12.7 Å². The lowest BCUT2D eigenvalue weighted by atomic mass is 9.94. The van der Waals surface area contributed by atoms with Crippen molar-refractivity contribution in [1.29, 1.82) is 0 Å². The highest BCUT2D eigenvalue weighted by Gasteiger charge is 2.39. The van der Waals surface area contributed by atoms with Crippen molar-refractivity contribution in [2.75, 3.05) is 6.54 Å². The zero-order chi connectivity index (χ0) is 21.2. The molecular weight excluding hydrogens is 442 g/mol. The summed E-state index contributed by atoms with van der Waals surface area (Å²) >= 11 is 17.7. The molecule has 0 heterocycles. The number of fused-ring (bicyclic) bond motifs is 1. The number of allylic oxidation sites excluding steroid dienone is 1. The van der Waals surface area contributed by atoms with Gasteiger partial charge in [0.2, 0.25) is 0 Å². The molecule has 3 rings (SSSR count). The van der Waals surface area contributed by atoms with Gasteiger partial charge in [-0.15, -0.1) is 0 Å². The minimum absolute atomic E-state index is 0.00197. The summed E-state index contributed by atoms with van der Waals surface area (Å²) in [6.07, 6.45) is 2.19. The Morgan fingerprint density at radius 1 is 1.10 bits per heavy atom. The Balaban J connectivity index is 1.86. The molecule has 7 heteroatoms. The van der Waals surface area contributed by atoms with Crippen molar-refractivity contribution in [3.63, 3.8) is 0 Å². The lowest BCUT2D eigenvalue weighted by molar-refractivity contribution is -0.139. The van der Waals surface area contributed by atoms with Crippen LogP contribution < -0.4 is 5.73 Å². The molecule has 0 amide bonds. The molecule has 0 bridgehead atoms. The van der Waals surface area contributed by atoms with E-state index in [0.29, 0.717) is 12.5 Å². The van der Waals surface area contributed by atoms with E-state index in [2.05, 4.69) is 0 Å². The minimum atomic E-state index is -4.49. The van der Waals surface area contributed by atoms with E-state index >= 15 is 0 Å². The van der Waals surface area contributed by atoms with Crippen LogP contribution in [-0.2, 0) is 6.42 Å². The molecule has 29 heavy (non-hydrogen) atoms. The van der Waals surface area contributed by atoms with Gasteiger partial charge in [0.05, 0.1) is 21.0 Å². The molecule has 1 aliphatic rings. The molecule has 1 aliphatic carbocycles. The zero-order valence-electron chi connectivity index (χ0n) is 15.6. The fraction of sp³-hybridized carbons (Fsp3) is 0.364. The molecule has 2 N–H and O–H groups in total. The van der Waals surface area contributed by atoms with E-state index in [1.165, 1.54) is 29.3 Å². The predicted octanol–water partition coefficient (Wildman–Crippen LogP) is 7.77. The van der Waals surface area contributed by atoms with E-state index in [-0.39, 0.29) is 20.6 Å². The first-order valence-electron chi connectivity index (χ1n) is 9.43. The van der Waals surface area contributed by atoms with Gasteiger partial charge < -0.3 is 5.73 Å². The van der Waals surface area contributed by atoms with Crippen LogP contribution in [0.15, 0.2) is 36.4 Å². The maximum absolute atomic E-state index is 13.7. The fourth-order valence-corrected chi connectivity index (χ4v) is 4.48. The summed E-state index contributed by atoms with van der Waals surface area (Å²) in [4.78, 5) is 0. The van der Waals surface area contributed by atoms with Gasteiger partial charge in [-0.25, -0.2) is 0 Å². The van der Waals surface area contributed by atoms with E-state index in [9.17, 15) is 13.2 Å². The van der Waals surface area contributed by atoms with Gasteiger partial charge in [-0.3, -0.25) is 0 Å². The lowest BCUT2D eigenvalue weighted by Gasteiger charge is -2.18. The van der Waals surface area contributed by atoms with E-state index in [0.717, 1.165) is 37.3 Å². The summed E-state index contributed by atoms with van der Waals surface area (Å²) in [5.41, 5.74) is 8.79. The second-order valence-corrected chi connectivity index (χ2v) is 8.49. The molecular formula is C22H21Cl3F3N. The third kappa shape index (κ3) is 5.29. The topological polar surface area (TPSA) is 26.0 Å². The number of aryl methyl sites for hydroxylation is 1. The van der Waals surface area contributed by atoms with Crippen LogP contribution in [0.2, 0.25) is 15.1 Å². The standard InChI is InChI=1S/C22H21Cl3F3N/c23-19-11-16(12-20(24)21(19)25)18(22(26,27)28)8-4-13-3-7-17-14(2-1-9-29)5-6-15(17)10-13/h3-4,7-8,10-12,14,18H,1-2,5-6,9,29H2/b8-4+. The largest absolute Gasteiger partial charge is 0.399 e. The average molecular weight is 463 g/mol. The van der Waals surface area contributed by atoms with Gasteiger partial charge in [0, 0.05) is 0 Å². The monoisotopic (exact) mass is 461 g/mol. The number of rotatable bonds is 6. The first-order valence-corrected chi connectivity index (χ1v) is 10.6. The van der Waals surface area contributed by atoms with Crippen molar-refractivity contribution in [3.8, 4) is 0 Å². The number of hydrogen-bond donors (Lipinski definition) is 1. The SMILES string of the molecule is NCCCC1CCc2cc(/C=C/C(c3cc(Cl)c(Cl)c(Cl)c3)C(F)(F)F)ccc21. The van der Waals surface area contributed by atoms with Gasteiger partial charge in [0.25, 0.3) is 0 Å². The van der Waals surface area contributed by atoms with Crippen molar-refractivity contribution >= 4 is 40.9 Å². The van der Waals surface area contributed by atoms with Crippen LogP contribution in [0.4, 0.5) is 13.2 Å². The lowest BCUT2D eigenvalue weighted by Crippen LogP contribution is -2.19. The predicted molar refractivity (Wildman–Crippen MR) is 115 cm³/mol. The van der Waals surface area contributed by atoms with E-state index in [1.807, 2.05) is 18.2 Å². The van der Waals surface area contributed by atoms with Crippen molar-refractivity contribution in [2.45, 2.75) is 43.7 Å². The third-order valence-electron chi connectivity index (χ3n) is 5.32. The first-order chi connectivity index (χ1) is 13.7. The summed E-state index contributed by atoms with van der Waals surface area (Å²) in [7, 11) is 0. The molecule has 0 saturated heterocycles. The van der Waals surface area contributed by atoms with Crippen LogP contribution in [0.5, 0.6) is 0 Å². The molecule has 2 unspecified atom stereocenters. The second kappa shape index (κ2) is 9.30. The maximum atomic E-state index is 13.7. The Morgan fingerprint density at radius 3 is 2.41 bits per heavy atom. The average Bonchev–Trinajstić information content (AvgIpc) is 3.05. The number of hydrogen-bond acceptors (Lipinski definition) is 1. The zero-order valence-corrected chi connectivity index (χ0v) is 17.8. The highest BCUT2D eigenvalue weighted by Crippen LogP contribution is 2.41. The number of halogens is 6. The van der Waals surface area contributed by atoms with E-state index in [1.54, 1.807) is 0 Å². The second-order valence-electron chi connectivity index (χ2n) is 7.30. The van der Waals surface area contributed by atoms with Crippen molar-refractivity contribution < 1.29 is 13.2 Å². The van der Waals surface area contributed by atoms with Crippen LogP contribution in [0, 0.1) is 0 Å². The third-order valence-corrected chi connectivity index (χ3v) is 6.52. The Kier molecular flexibility index (Phi) is 7.21. The molecule has 0 aromatic heterocycles. The summed E-state index contributed by atoms with van der Waals surface area (Å²) in [6, 6.07) is 8.29. The highest BCUT2D eigenvalue weighted by molar-refractivity contribution is 6.48. The fourth-order valence-electron chi connectivity index (χ4n) is 3.86. The summed E-state index contributed by atoms with van der Waals surface area (Å²) in [6.45, 7) is 0.671. The minimum Gasteiger partial charge on any atom is -0.330 e. The molecule has 2 aromatic carbocycles. The number of alkyl halides is 3. The van der Waals surface area contributed by atoms with E-state index in [4.69, 9.17) is 40.5 Å². The summed E-state index contributed by atoms with van der Waals surface area (Å²) in [5.74, 6) is -1.34. The normalized spacial score (nSPS) is 17.7. The van der Waals surface area contributed by atoms with Crippen LogP contribution in [0.25, 0.3) is 6.08 Å². The smallest absolute Gasteiger partial charge is 0.330 e. The van der Waals surface area contributed by atoms with Crippen molar-refractivity contribution in [2.24, 2.45) is 5.73 Å². The Bertz CT molecular complexity index is 886. The molecule has 1 nitrogen and oxygen atoms in total. The van der Waals surface area contributed by atoms with E-state index < -0.39 is 12.1 Å². The Hall–Kier alpha value is -1.20. The van der Waals surface area contributed by atoms with Crippen LogP contribution in [0.1, 0.15) is 53.4 Å². The molecule has 0 saturated carbocycles. The molecule has 156 valence electrons. The number of nitrogens with two attached hydrogens (primary N) is 1. The quantitative estimate of drug-likeness (QED) is 0.436. The van der Waals surface area contributed by atoms with Crippen LogP contribution in [0.3, 0.4) is 0 Å². The molecule has 2 atom stereocenters. The molecule has 0 spiro atoms. The summed E-state index contributed by atoms with van der Waals surface area (Å²) < 4.78 is 41.0. The van der Waals surface area contributed by atoms with Gasteiger partial charge in [-0.2, -0.15) is 13.2 Å². The van der Waals surface area contributed by atoms with Crippen molar-refractivity contribution in [1.82, 2.24) is 0 Å². The van der Waals surface area contributed by atoms with Crippen molar-refractivity contribution in [3.05, 3.63) is 73.7 Å². The molecule has 0 radical (unpaired) electrons. The van der Waals surface area contributed by atoms with Crippen LogP contribution >= 0.6 is 34.8 Å². The number of benzene rings is 2.